The van der Waals surface area contributed by atoms with Crippen molar-refractivity contribution >= 4 is 68.9 Å². The van der Waals surface area contributed by atoms with Gasteiger partial charge in [-0.15, -0.1) is 0 Å². The summed E-state index contributed by atoms with van der Waals surface area (Å²) in [6.07, 6.45) is 6.76. The number of rotatable bonds is 23. The number of benzene rings is 3. The summed E-state index contributed by atoms with van der Waals surface area (Å²) >= 11 is 0. The number of methoxy groups -OCH3 is 3. The molecule has 11 rings (SSSR count). The molecular weight excluding hydrogens is 1400 g/mol. The summed E-state index contributed by atoms with van der Waals surface area (Å²) in [4.78, 5) is 92.0. The highest BCUT2D eigenvalue weighted by atomic mass is 16.6. The first-order valence-corrected chi connectivity index (χ1v) is 39.9. The Morgan fingerprint density at radius 1 is 0.436 bits per heavy atom. The van der Waals surface area contributed by atoms with Gasteiger partial charge in [-0.2, -0.15) is 15.3 Å². The molecule has 3 aromatic heterocycles. The fourth-order valence-corrected chi connectivity index (χ4v) is 15.1. The van der Waals surface area contributed by atoms with Crippen molar-refractivity contribution in [1.29, 1.82) is 0 Å². The lowest BCUT2D eigenvalue weighted by atomic mass is 9.99. The first-order valence-electron chi connectivity index (χ1n) is 39.9. The Morgan fingerprint density at radius 3 is 1.03 bits per heavy atom. The number of piperazine rings is 2. The molecule has 2 saturated heterocycles. The Balaban J connectivity index is 0.000000200. The summed E-state index contributed by atoms with van der Waals surface area (Å²) in [5.74, 6) is -0.386. The summed E-state index contributed by atoms with van der Waals surface area (Å²) in [6.45, 7) is 45.9. The summed E-state index contributed by atoms with van der Waals surface area (Å²) in [6, 6.07) is 12.1. The number of hydrogen-bond donors (Lipinski definition) is 1. The van der Waals surface area contributed by atoms with Gasteiger partial charge in [-0.25, -0.2) is 19.2 Å². The van der Waals surface area contributed by atoms with Crippen molar-refractivity contribution in [3.63, 3.8) is 0 Å². The van der Waals surface area contributed by atoms with Gasteiger partial charge in [0, 0.05) is 127 Å². The average Bonchev–Trinajstić information content (AvgIpc) is 1.64. The van der Waals surface area contributed by atoms with Crippen LogP contribution in [-0.2, 0) is 62.4 Å². The van der Waals surface area contributed by atoms with Crippen LogP contribution in [0.2, 0.25) is 0 Å². The quantitative estimate of drug-likeness (QED) is 0.0462. The van der Waals surface area contributed by atoms with E-state index < -0.39 is 58.9 Å². The van der Waals surface area contributed by atoms with Crippen LogP contribution < -0.4 is 5.32 Å². The number of ether oxygens (including phenoxy) is 7. The lowest BCUT2D eigenvalue weighted by Crippen LogP contribution is -2.63. The van der Waals surface area contributed by atoms with Crippen molar-refractivity contribution in [2.24, 2.45) is 0 Å². The molecule has 26 heteroatoms. The van der Waals surface area contributed by atoms with Gasteiger partial charge in [-0.3, -0.25) is 33.4 Å². The smallest absolute Gasteiger partial charge is 0.411 e. The van der Waals surface area contributed by atoms with Crippen LogP contribution in [0, 0.1) is 41.5 Å². The zero-order valence-electron chi connectivity index (χ0n) is 70.6. The predicted molar refractivity (Wildman–Crippen MR) is 427 cm³/mol. The Morgan fingerprint density at radius 2 is 0.736 bits per heavy atom. The molecule has 608 valence electrons. The van der Waals surface area contributed by atoms with Crippen molar-refractivity contribution in [3.8, 4) is 0 Å². The zero-order chi connectivity index (χ0) is 80.8. The third-order valence-corrected chi connectivity index (χ3v) is 20.5. The molecule has 2 aliphatic heterocycles. The molecule has 5 aliphatic rings. The molecule has 0 bridgehead atoms. The third kappa shape index (κ3) is 22.2. The van der Waals surface area contributed by atoms with Crippen LogP contribution in [0.15, 0.2) is 36.4 Å². The van der Waals surface area contributed by atoms with Gasteiger partial charge in [0.1, 0.15) is 34.5 Å². The van der Waals surface area contributed by atoms with Gasteiger partial charge in [0.25, 0.3) is 0 Å². The number of aryl methyl sites for hydroxylation is 9. The van der Waals surface area contributed by atoms with E-state index in [1.54, 1.807) is 62.9 Å². The van der Waals surface area contributed by atoms with E-state index in [0.29, 0.717) is 19.3 Å². The van der Waals surface area contributed by atoms with E-state index in [1.165, 1.54) is 54.5 Å². The maximum atomic E-state index is 14.6. The van der Waals surface area contributed by atoms with E-state index in [-0.39, 0.29) is 75.3 Å². The first kappa shape index (κ1) is 85.9. The van der Waals surface area contributed by atoms with Crippen LogP contribution in [0.1, 0.15) is 230 Å². The molecule has 3 saturated carbocycles. The average molecular weight is 1530 g/mol. The van der Waals surface area contributed by atoms with Gasteiger partial charge < -0.3 is 58.1 Å². The highest BCUT2D eigenvalue weighted by molar-refractivity contribution is 5.91. The summed E-state index contributed by atoms with van der Waals surface area (Å²) in [5, 5.41) is 21.6. The lowest BCUT2D eigenvalue weighted by molar-refractivity contribution is -0.142. The Labute approximate surface area is 652 Å². The van der Waals surface area contributed by atoms with E-state index in [4.69, 9.17) is 48.5 Å². The van der Waals surface area contributed by atoms with Gasteiger partial charge >= 0.3 is 24.4 Å². The Kier molecular flexibility index (Phi) is 27.9. The van der Waals surface area contributed by atoms with E-state index in [1.807, 2.05) is 88.4 Å². The van der Waals surface area contributed by atoms with Gasteiger partial charge in [0.2, 0.25) is 11.8 Å². The molecule has 26 nitrogen and oxygen atoms in total. The minimum atomic E-state index is -0.902. The zero-order valence-corrected chi connectivity index (χ0v) is 70.6. The molecule has 0 spiro atoms. The molecule has 5 fully saturated rings. The highest BCUT2D eigenvalue weighted by Crippen LogP contribution is 2.41. The van der Waals surface area contributed by atoms with Crippen molar-refractivity contribution in [2.45, 2.75) is 294 Å². The Hall–Kier alpha value is -8.07. The van der Waals surface area contributed by atoms with Gasteiger partial charge in [0.15, 0.2) is 0 Å². The molecule has 0 radical (unpaired) electrons. The number of fused-ring (bicyclic) bond motifs is 3. The first-order chi connectivity index (χ1) is 51.6. The largest absolute Gasteiger partial charge is 0.444 e. The second-order valence-electron chi connectivity index (χ2n) is 34.9. The number of carbonyl (C=O) groups is 6. The van der Waals surface area contributed by atoms with Gasteiger partial charge in [-0.05, 0) is 255 Å². The van der Waals surface area contributed by atoms with Crippen LogP contribution in [0.25, 0.3) is 32.7 Å². The molecular formula is C84H129N13O13. The van der Waals surface area contributed by atoms with Crippen LogP contribution >= 0.6 is 0 Å². The fraction of sp³-hybridized carbons (Fsp3) is 0.679. The van der Waals surface area contributed by atoms with Crippen LogP contribution in [0.3, 0.4) is 0 Å². The van der Waals surface area contributed by atoms with E-state index in [2.05, 4.69) is 81.0 Å². The molecule has 3 aromatic carbocycles. The molecule has 3 aliphatic carbocycles. The van der Waals surface area contributed by atoms with Crippen LogP contribution in [-0.4, -0.2) is 228 Å². The van der Waals surface area contributed by atoms with Gasteiger partial charge in [-0.1, -0.05) is 18.2 Å². The SMILES string of the molecule is COCCCn1nc(C)c2c(C)cc(C(C)NC3CC3)cc21.COCCCn1nc(C)c2c(C)cc([C@@H](C)N(C(=O)[C@H]3CN(C(=O)OC(C)(C)C)CCN3C(=O)OC(C)(C)C)C3CC3)cc21.COCCCn1nc(C)c2c(C)cc([C@H](C)N(C(=O)[C@H]3CN(C(=O)OC(C)(C)C)CCN3C(=O)OC(C)(C)C)C3CC3)cc21. The van der Waals surface area contributed by atoms with Gasteiger partial charge in [0.05, 0.1) is 58.8 Å². The second kappa shape index (κ2) is 35.7. The molecule has 5 atom stereocenters. The predicted octanol–water partition coefficient (Wildman–Crippen LogP) is 14.7. The highest BCUT2D eigenvalue weighted by Gasteiger charge is 2.49. The number of amides is 6. The number of hydrogen-bond acceptors (Lipinski definition) is 17. The van der Waals surface area contributed by atoms with E-state index in [0.717, 1.165) is 138 Å². The standard InChI is InChI=1S/2C33H51N5O6.C18H27N3O/c2*1-21-18-24(19-26-28(21)22(2)34-37(26)14-11-17-42-10)23(3)38(25-12-13-25)29(39)27-20-35(30(40)43-32(4,5)6)15-16-36(27)31(41)44-33(7,8)9;1-12-10-15(13(2)19-16-6-7-16)11-17-18(12)14(3)20-21(17)8-5-9-22-4/h2*18-19,23,25,27H,11-17,20H2,1-10H3;10-11,13,16,19H,5-9H2,1-4H3/t23-,27+;23-,27-;/m01./s1. The number of carbonyl (C=O) groups excluding carboxylic acids is 6. The molecule has 1 N–H and O–H groups in total. The summed E-state index contributed by atoms with van der Waals surface area (Å²) < 4.78 is 44.6. The van der Waals surface area contributed by atoms with Crippen molar-refractivity contribution in [3.05, 3.63) is 86.9 Å². The number of aromatic nitrogens is 6. The van der Waals surface area contributed by atoms with Crippen molar-refractivity contribution < 1.29 is 61.9 Å². The maximum absolute atomic E-state index is 14.6. The monoisotopic (exact) mass is 1530 g/mol. The molecule has 6 amide bonds. The van der Waals surface area contributed by atoms with E-state index in [9.17, 15) is 28.8 Å². The van der Waals surface area contributed by atoms with Crippen molar-refractivity contribution in [2.75, 3.05) is 80.4 Å². The van der Waals surface area contributed by atoms with Crippen molar-refractivity contribution in [1.82, 2.24) is 64.1 Å². The number of nitrogens with one attached hydrogen (secondary N) is 1. The minimum absolute atomic E-state index is 0.0342. The maximum Gasteiger partial charge on any atom is 0.411 e. The molecule has 5 heterocycles. The molecule has 6 aromatic rings. The lowest BCUT2D eigenvalue weighted by Gasteiger charge is -2.43. The second-order valence-corrected chi connectivity index (χ2v) is 34.9. The fourth-order valence-electron chi connectivity index (χ4n) is 15.1. The van der Waals surface area contributed by atoms with Crippen LogP contribution in [0.4, 0.5) is 19.2 Å². The summed E-state index contributed by atoms with van der Waals surface area (Å²) in [5.41, 5.74) is 10.5. The van der Waals surface area contributed by atoms with Crippen LogP contribution in [0.5, 0.6) is 0 Å². The molecule has 1 unspecified atom stereocenters. The van der Waals surface area contributed by atoms with E-state index >= 15 is 0 Å². The minimum Gasteiger partial charge on any atom is -0.444 e. The normalized spacial score (nSPS) is 18.0. The third-order valence-electron chi connectivity index (χ3n) is 20.5. The summed E-state index contributed by atoms with van der Waals surface area (Å²) in [7, 11) is 5.14. The number of nitrogens with zero attached hydrogens (tertiary/aromatic N) is 12. The Bertz CT molecular complexity index is 4010. The topological polar surface area (TPSA) is 252 Å². The molecule has 110 heavy (non-hydrogen) atoms.